The fourth-order valence-corrected chi connectivity index (χ4v) is 8.82. The number of aliphatic hydroxyl groups is 1. The lowest BCUT2D eigenvalue weighted by Gasteiger charge is -2.47. The second-order valence-corrected chi connectivity index (χ2v) is 15.6. The first-order valence-electron chi connectivity index (χ1n) is 16.5. The Morgan fingerprint density at radius 1 is 1.19 bits per heavy atom. The maximum absolute atomic E-state index is 16.1. The van der Waals surface area contributed by atoms with Gasteiger partial charge in [-0.25, -0.2) is 4.39 Å². The number of hydrogen-bond acceptors (Lipinski definition) is 8. The molecule has 2 fully saturated rings. The van der Waals surface area contributed by atoms with E-state index in [1.165, 1.54) is 10.9 Å². The van der Waals surface area contributed by atoms with Crippen LogP contribution in [0.15, 0.2) is 46.6 Å². The van der Waals surface area contributed by atoms with E-state index in [0.717, 1.165) is 49.3 Å². The van der Waals surface area contributed by atoms with Gasteiger partial charge in [-0.05, 0) is 61.6 Å². The number of ether oxygens (including phenoxy) is 1. The number of phenolic OH excluding ortho intramolecular Hbond substituents is 1. The van der Waals surface area contributed by atoms with E-state index in [9.17, 15) is 19.8 Å². The van der Waals surface area contributed by atoms with Crippen LogP contribution >= 0.6 is 22.7 Å². The van der Waals surface area contributed by atoms with Crippen LogP contribution in [-0.2, 0) is 23.1 Å². The molecule has 4 aromatic rings. The summed E-state index contributed by atoms with van der Waals surface area (Å²) in [4.78, 5) is 32.9. The number of amides is 1. The summed E-state index contributed by atoms with van der Waals surface area (Å²) in [5.74, 6) is -0.113. The molecule has 252 valence electrons. The average Bonchev–Trinajstić information content (AvgIpc) is 3.70. The van der Waals surface area contributed by atoms with Gasteiger partial charge in [0.2, 0.25) is 0 Å². The SMILES string of the molecule is CCc1cc(C(=O)N2CCOC3(CCN(Cc4cccc(C(C)(C)CCC[C@H](O)c5ccc(O)c6[nH]c(=O)sc56)c4F)CC3)C2)cs1. The Kier molecular flexibility index (Phi) is 9.92. The second-order valence-electron chi connectivity index (χ2n) is 13.7. The number of piperidine rings is 1. The van der Waals surface area contributed by atoms with E-state index in [0.29, 0.717) is 72.4 Å². The Morgan fingerprint density at radius 2 is 1.98 bits per heavy atom. The lowest BCUT2D eigenvalue weighted by atomic mass is 9.78. The van der Waals surface area contributed by atoms with Crippen molar-refractivity contribution in [2.75, 3.05) is 32.8 Å². The maximum atomic E-state index is 16.1. The molecule has 47 heavy (non-hydrogen) atoms. The molecule has 2 saturated heterocycles. The molecular weight excluding hydrogens is 638 g/mol. The highest BCUT2D eigenvalue weighted by molar-refractivity contribution is 7.16. The number of rotatable bonds is 10. The molecule has 2 aliphatic rings. The van der Waals surface area contributed by atoms with Crippen LogP contribution in [0, 0.1) is 5.82 Å². The summed E-state index contributed by atoms with van der Waals surface area (Å²) in [6.45, 7) is 9.95. The molecule has 0 saturated carbocycles. The van der Waals surface area contributed by atoms with E-state index in [-0.39, 0.29) is 27.9 Å². The van der Waals surface area contributed by atoms with Crippen molar-refractivity contribution in [2.24, 2.45) is 0 Å². The van der Waals surface area contributed by atoms with Gasteiger partial charge >= 0.3 is 4.87 Å². The number of aromatic amines is 1. The second kappa shape index (κ2) is 13.8. The number of aromatic hydroxyl groups is 1. The number of likely N-dealkylation sites (tertiary alicyclic amines) is 1. The lowest BCUT2D eigenvalue weighted by Crippen LogP contribution is -2.57. The number of halogens is 1. The molecule has 4 heterocycles. The topological polar surface area (TPSA) is 106 Å². The largest absolute Gasteiger partial charge is 0.506 e. The van der Waals surface area contributed by atoms with Crippen LogP contribution in [-0.4, -0.2) is 69.3 Å². The van der Waals surface area contributed by atoms with Crippen molar-refractivity contribution >= 4 is 38.8 Å². The summed E-state index contributed by atoms with van der Waals surface area (Å²) in [6, 6.07) is 10.8. The zero-order valence-corrected chi connectivity index (χ0v) is 28.9. The quantitative estimate of drug-likeness (QED) is 0.171. The van der Waals surface area contributed by atoms with Crippen LogP contribution in [0.3, 0.4) is 0 Å². The first-order valence-corrected chi connectivity index (χ1v) is 18.2. The molecule has 11 heteroatoms. The van der Waals surface area contributed by atoms with Crippen molar-refractivity contribution in [3.63, 3.8) is 0 Å². The van der Waals surface area contributed by atoms with Crippen LogP contribution in [0.4, 0.5) is 4.39 Å². The molecule has 2 aliphatic heterocycles. The number of phenols is 1. The Morgan fingerprint density at radius 3 is 2.72 bits per heavy atom. The van der Waals surface area contributed by atoms with Gasteiger partial charge in [-0.1, -0.05) is 56.4 Å². The highest BCUT2D eigenvalue weighted by atomic mass is 32.1. The average molecular weight is 682 g/mol. The van der Waals surface area contributed by atoms with Crippen LogP contribution in [0.1, 0.15) is 90.9 Å². The Labute approximate surface area is 282 Å². The van der Waals surface area contributed by atoms with Crippen molar-refractivity contribution in [3.8, 4) is 5.75 Å². The third-order valence-electron chi connectivity index (χ3n) is 9.98. The predicted molar refractivity (Wildman–Crippen MR) is 185 cm³/mol. The van der Waals surface area contributed by atoms with Crippen molar-refractivity contribution in [1.29, 1.82) is 0 Å². The van der Waals surface area contributed by atoms with Gasteiger partial charge in [0.25, 0.3) is 5.91 Å². The van der Waals surface area contributed by atoms with E-state index in [1.54, 1.807) is 17.4 Å². The van der Waals surface area contributed by atoms with E-state index < -0.39 is 11.5 Å². The number of nitrogens with one attached hydrogen (secondary N) is 1. The van der Waals surface area contributed by atoms with Crippen LogP contribution in [0.2, 0.25) is 0 Å². The zero-order chi connectivity index (χ0) is 33.3. The number of aliphatic hydroxyl groups excluding tert-OH is 1. The third-order valence-corrected chi connectivity index (χ3v) is 12.0. The smallest absolute Gasteiger partial charge is 0.305 e. The number of carbonyl (C=O) groups excluding carboxylic acids is 1. The van der Waals surface area contributed by atoms with Gasteiger partial charge in [0.05, 0.1) is 35.1 Å². The number of thiazole rings is 1. The minimum atomic E-state index is -0.804. The summed E-state index contributed by atoms with van der Waals surface area (Å²) in [5.41, 5.74) is 2.26. The first-order chi connectivity index (χ1) is 22.5. The number of morpholine rings is 1. The number of nitrogens with zero attached hydrogens (tertiary/aromatic N) is 2. The molecule has 1 atom stereocenters. The van der Waals surface area contributed by atoms with Crippen molar-refractivity contribution < 1.29 is 24.1 Å². The molecule has 3 N–H and O–H groups in total. The first kappa shape index (κ1) is 33.8. The highest BCUT2D eigenvalue weighted by Crippen LogP contribution is 2.37. The molecule has 0 unspecified atom stereocenters. The molecule has 0 bridgehead atoms. The van der Waals surface area contributed by atoms with Gasteiger partial charge in [-0.3, -0.25) is 14.5 Å². The normalized spacial score (nSPS) is 17.9. The molecule has 2 aromatic heterocycles. The summed E-state index contributed by atoms with van der Waals surface area (Å²) in [5, 5.41) is 23.0. The van der Waals surface area contributed by atoms with Crippen LogP contribution < -0.4 is 4.87 Å². The fraction of sp³-hybridized carbons (Fsp3) is 0.500. The minimum Gasteiger partial charge on any atom is -0.506 e. The van der Waals surface area contributed by atoms with Gasteiger partial charge in [-0.15, -0.1) is 11.3 Å². The predicted octanol–water partition coefficient (Wildman–Crippen LogP) is 6.75. The molecule has 0 aliphatic carbocycles. The van der Waals surface area contributed by atoms with Gasteiger partial charge in [-0.2, -0.15) is 0 Å². The van der Waals surface area contributed by atoms with Gasteiger partial charge in [0, 0.05) is 47.6 Å². The standard InChI is InChI=1S/C36H44FN3O5S2/c1-4-25-19-24(21-46-25)33(43)40-17-18-45-36(22-40)13-15-39(16-14-36)20-23-7-5-8-27(30(23)37)35(2,3)12-6-9-28(41)26-10-11-29(42)31-32(26)47-34(44)38-31/h5,7-8,10-11,19,21,28,41-42H,4,6,9,12-18,20,22H2,1-3H3,(H,38,44)/t28-/m0/s1. The molecule has 1 amide bonds. The van der Waals surface area contributed by atoms with Crippen LogP contribution in [0.5, 0.6) is 5.75 Å². The summed E-state index contributed by atoms with van der Waals surface area (Å²) in [7, 11) is 0. The van der Waals surface area contributed by atoms with Gasteiger partial charge in [0.1, 0.15) is 17.1 Å². The number of carbonyl (C=O) groups is 1. The summed E-state index contributed by atoms with van der Waals surface area (Å²) in [6.07, 6.45) is 3.48. The van der Waals surface area contributed by atoms with E-state index in [2.05, 4.69) is 16.8 Å². The molecule has 8 nitrogen and oxygen atoms in total. The van der Waals surface area contributed by atoms with Gasteiger partial charge in [0.15, 0.2) is 0 Å². The van der Waals surface area contributed by atoms with E-state index in [4.69, 9.17) is 4.74 Å². The Bertz CT molecular complexity index is 1790. The van der Waals surface area contributed by atoms with Crippen LogP contribution in [0.25, 0.3) is 10.2 Å². The monoisotopic (exact) mass is 681 g/mol. The zero-order valence-electron chi connectivity index (χ0n) is 27.3. The fourth-order valence-electron chi connectivity index (χ4n) is 7.09. The minimum absolute atomic E-state index is 0.0180. The number of thiophene rings is 1. The van der Waals surface area contributed by atoms with E-state index in [1.807, 2.05) is 48.4 Å². The lowest BCUT2D eigenvalue weighted by molar-refractivity contribution is -0.128. The number of hydrogen-bond donors (Lipinski definition) is 3. The number of aryl methyl sites for hydroxylation is 1. The molecule has 6 rings (SSSR count). The maximum Gasteiger partial charge on any atom is 0.305 e. The van der Waals surface area contributed by atoms with Crippen molar-refractivity contribution in [2.45, 2.75) is 83.0 Å². The molecule has 2 aromatic carbocycles. The molecule has 0 radical (unpaired) electrons. The summed E-state index contributed by atoms with van der Waals surface area (Å²) < 4.78 is 22.9. The Balaban J connectivity index is 1.04. The van der Waals surface area contributed by atoms with E-state index >= 15 is 4.39 Å². The molecular formula is C36H44FN3O5S2. The molecule has 1 spiro atoms. The Hall–Kier alpha value is -3.09. The number of aromatic nitrogens is 1. The van der Waals surface area contributed by atoms with Gasteiger partial charge < -0.3 is 24.8 Å². The summed E-state index contributed by atoms with van der Waals surface area (Å²) >= 11 is 2.61. The number of fused-ring (bicyclic) bond motifs is 1. The third kappa shape index (κ3) is 7.19. The number of benzene rings is 2. The van der Waals surface area contributed by atoms with Crippen molar-refractivity contribution in [3.05, 3.63) is 84.4 Å². The van der Waals surface area contributed by atoms with Crippen molar-refractivity contribution in [1.82, 2.24) is 14.8 Å². The number of H-pyrrole nitrogens is 1. The highest BCUT2D eigenvalue weighted by Gasteiger charge is 2.41.